The van der Waals surface area contributed by atoms with Crippen LogP contribution in [-0.2, 0) is 0 Å². The Balaban J connectivity index is 2.25. The number of rotatable bonds is 4. The molecule has 0 aliphatic carbocycles. The van der Waals surface area contributed by atoms with E-state index in [4.69, 9.17) is 4.74 Å². The highest BCUT2D eigenvalue weighted by molar-refractivity contribution is 6.01. The van der Waals surface area contributed by atoms with Gasteiger partial charge >= 0.3 is 0 Å². The first-order chi connectivity index (χ1) is 9.46. The topological polar surface area (TPSA) is 38.3 Å². The SMILES string of the molecule is COc1ccc(C(=O)C(C)(C)C2CCCNC2)c(C)c1. The minimum absolute atomic E-state index is 0.242. The first kappa shape index (κ1) is 15.0. The summed E-state index contributed by atoms with van der Waals surface area (Å²) in [6.45, 7) is 8.15. The Morgan fingerprint density at radius 2 is 2.15 bits per heavy atom. The van der Waals surface area contributed by atoms with E-state index >= 15 is 0 Å². The number of methoxy groups -OCH3 is 1. The minimum Gasteiger partial charge on any atom is -0.497 e. The van der Waals surface area contributed by atoms with Gasteiger partial charge in [0, 0.05) is 11.0 Å². The lowest BCUT2D eigenvalue weighted by Crippen LogP contribution is -2.42. The van der Waals surface area contributed by atoms with E-state index in [-0.39, 0.29) is 11.2 Å². The number of ketones is 1. The van der Waals surface area contributed by atoms with Gasteiger partial charge in [-0.15, -0.1) is 0 Å². The molecule has 110 valence electrons. The Morgan fingerprint density at radius 1 is 1.40 bits per heavy atom. The summed E-state index contributed by atoms with van der Waals surface area (Å²) in [6.07, 6.45) is 2.28. The zero-order chi connectivity index (χ0) is 14.8. The molecule has 1 aliphatic heterocycles. The number of Topliss-reactive ketones (excluding diaryl/α,β-unsaturated/α-hetero) is 1. The van der Waals surface area contributed by atoms with Crippen molar-refractivity contribution >= 4 is 5.78 Å². The van der Waals surface area contributed by atoms with Crippen molar-refractivity contribution in [2.24, 2.45) is 11.3 Å². The first-order valence-electron chi connectivity index (χ1n) is 7.37. The van der Waals surface area contributed by atoms with Crippen LogP contribution in [0.3, 0.4) is 0 Å². The van der Waals surface area contributed by atoms with E-state index in [1.165, 1.54) is 0 Å². The minimum atomic E-state index is -0.327. The van der Waals surface area contributed by atoms with Gasteiger partial charge in [0.1, 0.15) is 5.75 Å². The van der Waals surface area contributed by atoms with E-state index in [1.54, 1.807) is 7.11 Å². The zero-order valence-corrected chi connectivity index (χ0v) is 13.0. The Morgan fingerprint density at radius 3 is 2.70 bits per heavy atom. The van der Waals surface area contributed by atoms with Gasteiger partial charge in [-0.2, -0.15) is 0 Å². The van der Waals surface area contributed by atoms with Crippen LogP contribution in [0.15, 0.2) is 18.2 Å². The second kappa shape index (κ2) is 5.96. The number of nitrogens with one attached hydrogen (secondary N) is 1. The number of hydrogen-bond acceptors (Lipinski definition) is 3. The molecule has 0 bridgehead atoms. The molecule has 1 fully saturated rings. The maximum atomic E-state index is 12.9. The summed E-state index contributed by atoms with van der Waals surface area (Å²) in [4.78, 5) is 12.9. The average Bonchev–Trinajstić information content (AvgIpc) is 2.47. The quantitative estimate of drug-likeness (QED) is 0.858. The molecule has 20 heavy (non-hydrogen) atoms. The van der Waals surface area contributed by atoms with Crippen LogP contribution < -0.4 is 10.1 Å². The molecule has 1 aromatic carbocycles. The summed E-state index contributed by atoms with van der Waals surface area (Å²) >= 11 is 0. The fourth-order valence-electron chi connectivity index (χ4n) is 3.02. The highest BCUT2D eigenvalue weighted by atomic mass is 16.5. The van der Waals surface area contributed by atoms with E-state index in [0.717, 1.165) is 42.8 Å². The smallest absolute Gasteiger partial charge is 0.169 e. The molecule has 1 aliphatic rings. The summed E-state index contributed by atoms with van der Waals surface area (Å²) in [5, 5.41) is 3.41. The Hall–Kier alpha value is -1.35. The van der Waals surface area contributed by atoms with Crippen LogP contribution in [0, 0.1) is 18.3 Å². The molecule has 0 saturated carbocycles. The Kier molecular flexibility index (Phi) is 4.48. The molecule has 1 heterocycles. The molecule has 1 atom stereocenters. The van der Waals surface area contributed by atoms with E-state index in [0.29, 0.717) is 5.92 Å². The number of carbonyl (C=O) groups excluding carboxylic acids is 1. The van der Waals surface area contributed by atoms with Crippen LogP contribution in [-0.4, -0.2) is 26.0 Å². The normalized spacial score (nSPS) is 19.7. The predicted octanol–water partition coefficient (Wildman–Crippen LogP) is 3.21. The van der Waals surface area contributed by atoms with Crippen LogP contribution in [0.2, 0.25) is 0 Å². The van der Waals surface area contributed by atoms with Crippen molar-refractivity contribution in [3.05, 3.63) is 29.3 Å². The molecule has 2 rings (SSSR count). The second-order valence-electron chi connectivity index (χ2n) is 6.27. The van der Waals surface area contributed by atoms with Crippen LogP contribution in [0.5, 0.6) is 5.75 Å². The van der Waals surface area contributed by atoms with Gasteiger partial charge in [0.2, 0.25) is 0 Å². The highest BCUT2D eigenvalue weighted by Crippen LogP contribution is 2.36. The van der Waals surface area contributed by atoms with Crippen LogP contribution in [0.1, 0.15) is 42.6 Å². The fourth-order valence-corrected chi connectivity index (χ4v) is 3.02. The predicted molar refractivity (Wildman–Crippen MR) is 81.4 cm³/mol. The molecule has 1 aromatic rings. The van der Waals surface area contributed by atoms with Gasteiger partial charge in [-0.1, -0.05) is 13.8 Å². The summed E-state index contributed by atoms with van der Waals surface area (Å²) in [5.41, 5.74) is 1.49. The number of ether oxygens (including phenoxy) is 1. The third-order valence-corrected chi connectivity index (χ3v) is 4.58. The molecule has 1 unspecified atom stereocenters. The summed E-state index contributed by atoms with van der Waals surface area (Å²) in [6, 6.07) is 5.70. The molecule has 3 heteroatoms. The summed E-state index contributed by atoms with van der Waals surface area (Å²) < 4.78 is 5.21. The Bertz CT molecular complexity index is 488. The van der Waals surface area contributed by atoms with Crippen molar-refractivity contribution in [3.63, 3.8) is 0 Å². The van der Waals surface area contributed by atoms with Crippen LogP contribution in [0.25, 0.3) is 0 Å². The van der Waals surface area contributed by atoms with Crippen LogP contribution in [0.4, 0.5) is 0 Å². The van der Waals surface area contributed by atoms with Gasteiger partial charge in [0.05, 0.1) is 7.11 Å². The fraction of sp³-hybridized carbons (Fsp3) is 0.588. The average molecular weight is 275 g/mol. The number of hydrogen-bond donors (Lipinski definition) is 1. The van der Waals surface area contributed by atoms with Gasteiger partial charge in [-0.3, -0.25) is 4.79 Å². The van der Waals surface area contributed by atoms with Gasteiger partial charge in [-0.05, 0) is 62.5 Å². The third-order valence-electron chi connectivity index (χ3n) is 4.58. The molecule has 1 N–H and O–H groups in total. The van der Waals surface area contributed by atoms with Crippen LogP contribution >= 0.6 is 0 Å². The summed E-state index contributed by atoms with van der Waals surface area (Å²) in [5.74, 6) is 1.45. The van der Waals surface area contributed by atoms with Gasteiger partial charge < -0.3 is 10.1 Å². The summed E-state index contributed by atoms with van der Waals surface area (Å²) in [7, 11) is 1.65. The van der Waals surface area contributed by atoms with E-state index < -0.39 is 0 Å². The number of aryl methyl sites for hydroxylation is 1. The molecule has 0 radical (unpaired) electrons. The van der Waals surface area contributed by atoms with Crippen molar-refractivity contribution in [1.82, 2.24) is 5.32 Å². The van der Waals surface area contributed by atoms with Gasteiger partial charge in [0.15, 0.2) is 5.78 Å². The Labute approximate surface area is 121 Å². The maximum Gasteiger partial charge on any atom is 0.169 e. The lowest BCUT2D eigenvalue weighted by atomic mass is 9.70. The molecular formula is C17H25NO2. The monoisotopic (exact) mass is 275 g/mol. The van der Waals surface area contributed by atoms with Crippen molar-refractivity contribution in [2.75, 3.05) is 20.2 Å². The standard InChI is InChI=1S/C17H25NO2/c1-12-10-14(20-4)7-8-15(12)16(19)17(2,3)13-6-5-9-18-11-13/h7-8,10,13,18H,5-6,9,11H2,1-4H3. The van der Waals surface area contributed by atoms with Gasteiger partial charge in [-0.25, -0.2) is 0 Å². The number of carbonyl (C=O) groups is 1. The molecule has 0 spiro atoms. The third kappa shape index (κ3) is 2.88. The largest absolute Gasteiger partial charge is 0.497 e. The van der Waals surface area contributed by atoms with Crippen molar-refractivity contribution < 1.29 is 9.53 Å². The molecule has 1 saturated heterocycles. The number of piperidine rings is 1. The van der Waals surface area contributed by atoms with Crippen molar-refractivity contribution in [1.29, 1.82) is 0 Å². The molecular weight excluding hydrogens is 250 g/mol. The second-order valence-corrected chi connectivity index (χ2v) is 6.27. The zero-order valence-electron chi connectivity index (χ0n) is 13.0. The van der Waals surface area contributed by atoms with Crippen molar-refractivity contribution in [2.45, 2.75) is 33.6 Å². The molecule has 0 aromatic heterocycles. The van der Waals surface area contributed by atoms with E-state index in [1.807, 2.05) is 25.1 Å². The molecule has 0 amide bonds. The number of benzene rings is 1. The van der Waals surface area contributed by atoms with Crippen molar-refractivity contribution in [3.8, 4) is 5.75 Å². The maximum absolute atomic E-state index is 12.9. The van der Waals surface area contributed by atoms with E-state index in [2.05, 4.69) is 19.2 Å². The first-order valence-corrected chi connectivity index (χ1v) is 7.37. The van der Waals surface area contributed by atoms with E-state index in [9.17, 15) is 4.79 Å². The highest BCUT2D eigenvalue weighted by Gasteiger charge is 2.38. The lowest BCUT2D eigenvalue weighted by molar-refractivity contribution is 0.0707. The molecule has 3 nitrogen and oxygen atoms in total. The lowest BCUT2D eigenvalue weighted by Gasteiger charge is -2.36. The van der Waals surface area contributed by atoms with Gasteiger partial charge in [0.25, 0.3) is 0 Å².